The van der Waals surface area contributed by atoms with E-state index in [9.17, 15) is 13.2 Å². The number of carbonyl (C=O) groups is 1. The predicted octanol–water partition coefficient (Wildman–Crippen LogP) is 7.51. The third kappa shape index (κ3) is 9.40. The lowest BCUT2D eigenvalue weighted by Crippen LogP contribution is -2.52. The first-order chi connectivity index (χ1) is 25.5. The van der Waals surface area contributed by atoms with Gasteiger partial charge in [-0.2, -0.15) is 8.42 Å². The average molecular weight is 778 g/mol. The van der Waals surface area contributed by atoms with Gasteiger partial charge in [-0.05, 0) is 83.3 Å². The van der Waals surface area contributed by atoms with Crippen molar-refractivity contribution in [3.05, 3.63) is 78.5 Å². The fraction of sp³-hybridized carbons (Fsp3) is 0.447. The van der Waals surface area contributed by atoms with Crippen molar-refractivity contribution in [3.8, 4) is 22.9 Å². The van der Waals surface area contributed by atoms with Gasteiger partial charge in [-0.1, -0.05) is 49.5 Å². The van der Waals surface area contributed by atoms with Crippen molar-refractivity contribution in [1.82, 2.24) is 34.6 Å². The molecule has 1 amide bonds. The minimum Gasteiger partial charge on any atom is -0.444 e. The molecule has 0 saturated heterocycles. The van der Waals surface area contributed by atoms with Crippen molar-refractivity contribution < 1.29 is 31.3 Å². The number of amides is 1. The van der Waals surface area contributed by atoms with Crippen LogP contribution in [0, 0.1) is 12.7 Å². The molecule has 1 saturated carbocycles. The van der Waals surface area contributed by atoms with Gasteiger partial charge in [0.25, 0.3) is 10.1 Å². The summed E-state index contributed by atoms with van der Waals surface area (Å²) in [4.78, 5) is 27.1. The molecule has 0 radical (unpaired) electrons. The molecule has 1 N–H and O–H groups in total. The van der Waals surface area contributed by atoms with Crippen LogP contribution >= 0.6 is 0 Å². The summed E-state index contributed by atoms with van der Waals surface area (Å²) in [6.07, 6.45) is 2.68. The molecule has 3 aromatic heterocycles. The number of alkyl carbamates (subject to hydrolysis) is 1. The van der Waals surface area contributed by atoms with Crippen LogP contribution in [0.15, 0.2) is 72.0 Å². The summed E-state index contributed by atoms with van der Waals surface area (Å²) in [5, 5.41) is 7.48. The van der Waals surface area contributed by atoms with E-state index in [0.29, 0.717) is 48.4 Å². The zero-order chi connectivity index (χ0) is 38.8. The molecular formula is C38H48FN7O6SSi. The van der Waals surface area contributed by atoms with Crippen LogP contribution in [0.2, 0.25) is 25.7 Å². The third-order valence-electron chi connectivity index (χ3n) is 9.05. The molecule has 0 spiro atoms. The molecule has 5 aromatic rings. The Morgan fingerprint density at radius 1 is 1.06 bits per heavy atom. The van der Waals surface area contributed by atoms with Crippen LogP contribution in [0.3, 0.4) is 0 Å². The summed E-state index contributed by atoms with van der Waals surface area (Å²) in [7, 11) is -5.61. The number of aryl methyl sites for hydroxylation is 1. The van der Waals surface area contributed by atoms with Gasteiger partial charge in [0.1, 0.15) is 47.6 Å². The van der Waals surface area contributed by atoms with Gasteiger partial charge in [0.15, 0.2) is 5.82 Å². The molecule has 1 aliphatic rings. The number of halogens is 1. The summed E-state index contributed by atoms with van der Waals surface area (Å²) >= 11 is 0. The van der Waals surface area contributed by atoms with Gasteiger partial charge in [-0.3, -0.25) is 9.17 Å². The van der Waals surface area contributed by atoms with E-state index in [-0.39, 0.29) is 23.0 Å². The van der Waals surface area contributed by atoms with Crippen molar-refractivity contribution in [2.75, 3.05) is 6.61 Å². The number of hydrogen-bond acceptors (Lipinski definition) is 10. The molecule has 3 atom stereocenters. The van der Waals surface area contributed by atoms with Crippen LogP contribution in [0.25, 0.3) is 33.9 Å². The van der Waals surface area contributed by atoms with Crippen LogP contribution in [0.5, 0.6) is 0 Å². The number of imidazole rings is 1. The van der Waals surface area contributed by atoms with Crippen molar-refractivity contribution in [2.24, 2.45) is 0 Å². The Labute approximate surface area is 316 Å². The molecular weight excluding hydrogens is 730 g/mol. The second-order valence-electron chi connectivity index (χ2n) is 15.9. The smallest absolute Gasteiger partial charge is 0.407 e. The second kappa shape index (κ2) is 15.7. The van der Waals surface area contributed by atoms with Gasteiger partial charge >= 0.3 is 6.09 Å². The number of carbonyl (C=O) groups excluding carboxylic acids is 1. The largest absolute Gasteiger partial charge is 0.444 e. The van der Waals surface area contributed by atoms with E-state index in [2.05, 4.69) is 40.0 Å². The number of benzene rings is 2. The molecule has 0 bridgehead atoms. The van der Waals surface area contributed by atoms with Gasteiger partial charge < -0.3 is 19.4 Å². The monoisotopic (exact) mass is 777 g/mol. The van der Waals surface area contributed by atoms with E-state index in [1.807, 2.05) is 6.92 Å². The Kier molecular flexibility index (Phi) is 11.4. The molecule has 16 heteroatoms. The number of nitrogens with zero attached hydrogens (tertiary/aromatic N) is 6. The first kappa shape index (κ1) is 39.2. The van der Waals surface area contributed by atoms with Crippen LogP contribution < -0.4 is 5.32 Å². The van der Waals surface area contributed by atoms with Crippen LogP contribution in [-0.2, 0) is 30.5 Å². The Hall–Kier alpha value is -4.51. The summed E-state index contributed by atoms with van der Waals surface area (Å²) in [6, 6.07) is 13.8. The highest BCUT2D eigenvalue weighted by molar-refractivity contribution is 7.86. The summed E-state index contributed by atoms with van der Waals surface area (Å²) in [5.74, 6) is 0.0788. The fourth-order valence-corrected chi connectivity index (χ4v) is 8.26. The highest BCUT2D eigenvalue weighted by atomic mass is 32.2. The van der Waals surface area contributed by atoms with Crippen LogP contribution in [-0.4, -0.2) is 76.2 Å². The van der Waals surface area contributed by atoms with E-state index in [1.165, 1.54) is 18.2 Å². The van der Waals surface area contributed by atoms with E-state index in [4.69, 9.17) is 18.6 Å². The molecule has 0 unspecified atom stereocenters. The highest BCUT2D eigenvalue weighted by Gasteiger charge is 2.42. The van der Waals surface area contributed by atoms with E-state index in [1.54, 1.807) is 78.9 Å². The SMILES string of the molecule is Cc1ccc(S(=O)(=O)O[C@@H]2[C@@H](NC(=O)OC(C)(C)C)CCC[C@H]2n2c(-c3ccccc3F)nc3cnc(-c4ncn(COCC[Si](C)(C)C)n4)cc32)cc1. The minimum absolute atomic E-state index is 0.0316. The lowest BCUT2D eigenvalue weighted by Gasteiger charge is -2.39. The van der Waals surface area contributed by atoms with Crippen LogP contribution in [0.1, 0.15) is 51.6 Å². The van der Waals surface area contributed by atoms with Gasteiger partial charge in [-0.25, -0.2) is 23.8 Å². The lowest BCUT2D eigenvalue weighted by atomic mass is 9.87. The minimum atomic E-state index is -4.35. The molecule has 1 aliphatic carbocycles. The van der Waals surface area contributed by atoms with Crippen molar-refractivity contribution >= 4 is 35.3 Å². The van der Waals surface area contributed by atoms with Gasteiger partial charge in [-0.15, -0.1) is 5.10 Å². The van der Waals surface area contributed by atoms with E-state index >= 15 is 4.39 Å². The maximum absolute atomic E-state index is 15.6. The van der Waals surface area contributed by atoms with Crippen LogP contribution in [0.4, 0.5) is 9.18 Å². The number of aromatic nitrogens is 6. The van der Waals surface area contributed by atoms with E-state index < -0.39 is 53.9 Å². The number of pyridine rings is 1. The summed E-state index contributed by atoms with van der Waals surface area (Å²) in [6.45, 7) is 14.8. The third-order valence-corrected chi connectivity index (χ3v) is 12.1. The Balaban J connectivity index is 1.44. The number of fused-ring (bicyclic) bond motifs is 1. The van der Waals surface area contributed by atoms with Gasteiger partial charge in [0.05, 0.1) is 34.3 Å². The number of ether oxygens (including phenoxy) is 2. The van der Waals surface area contributed by atoms with Crippen molar-refractivity contribution in [3.63, 3.8) is 0 Å². The Bertz CT molecular complexity index is 2210. The fourth-order valence-electron chi connectivity index (χ4n) is 6.37. The molecule has 6 rings (SSSR count). The molecule has 1 fully saturated rings. The van der Waals surface area contributed by atoms with Crippen molar-refractivity contribution in [1.29, 1.82) is 0 Å². The maximum Gasteiger partial charge on any atom is 0.407 e. The number of hydrogen-bond donors (Lipinski definition) is 1. The van der Waals surface area contributed by atoms with E-state index in [0.717, 1.165) is 11.6 Å². The quantitative estimate of drug-likeness (QED) is 0.0766. The first-order valence-electron chi connectivity index (χ1n) is 18.1. The van der Waals surface area contributed by atoms with Crippen molar-refractivity contribution in [2.45, 2.75) is 108 Å². The highest BCUT2D eigenvalue weighted by Crippen LogP contribution is 2.40. The Morgan fingerprint density at radius 3 is 2.50 bits per heavy atom. The Morgan fingerprint density at radius 2 is 1.80 bits per heavy atom. The standard InChI is InChI=1S/C38H48FN7O6SSi/c1-25-15-17-26(18-16-25)53(48,49)52-34-29(43-37(47)51-38(2,3)4)13-10-14-32(34)46-33-21-30(35-41-23-45(44-35)24-50-19-20-54(5,6)7)40-22-31(33)42-36(46)27-11-8-9-12-28(27)39/h8-9,11-12,15-18,21-23,29,32,34H,10,13-14,19-20,24H2,1-7H3,(H,43,47)/t29-,32+,34+/m0/s1. The van der Waals surface area contributed by atoms with Gasteiger partial charge in [0, 0.05) is 14.7 Å². The number of rotatable bonds is 12. The topological polar surface area (TPSA) is 152 Å². The zero-order valence-electron chi connectivity index (χ0n) is 31.7. The number of nitrogens with one attached hydrogen (secondary N) is 1. The zero-order valence-corrected chi connectivity index (χ0v) is 33.6. The molecule has 13 nitrogen and oxygen atoms in total. The molecule has 0 aliphatic heterocycles. The summed E-state index contributed by atoms with van der Waals surface area (Å²) < 4.78 is 64.5. The molecule has 3 heterocycles. The first-order valence-corrected chi connectivity index (χ1v) is 23.2. The van der Waals surface area contributed by atoms with Gasteiger partial charge in [0.2, 0.25) is 0 Å². The molecule has 54 heavy (non-hydrogen) atoms. The second-order valence-corrected chi connectivity index (χ2v) is 23.1. The summed E-state index contributed by atoms with van der Waals surface area (Å²) in [5.41, 5.74) is 1.68. The predicted molar refractivity (Wildman–Crippen MR) is 205 cm³/mol. The molecule has 2 aromatic carbocycles. The normalized spacial score (nSPS) is 18.2. The molecule has 288 valence electrons. The average Bonchev–Trinajstić information content (AvgIpc) is 3.71. The maximum atomic E-state index is 15.6. The lowest BCUT2D eigenvalue weighted by molar-refractivity contribution is 0.0321.